The van der Waals surface area contributed by atoms with Gasteiger partial charge in [-0.1, -0.05) is 17.8 Å². The molecule has 0 radical (unpaired) electrons. The van der Waals surface area contributed by atoms with E-state index in [2.05, 4.69) is 15.5 Å². The molecular formula is C16H16N4O3S2. The van der Waals surface area contributed by atoms with Crippen LogP contribution in [0.15, 0.2) is 40.9 Å². The van der Waals surface area contributed by atoms with Crippen molar-refractivity contribution in [3.8, 4) is 11.5 Å². The number of hydrogen-bond donors (Lipinski definition) is 0. The van der Waals surface area contributed by atoms with E-state index >= 15 is 0 Å². The second-order valence-corrected chi connectivity index (χ2v) is 6.95. The molecule has 0 spiro atoms. The van der Waals surface area contributed by atoms with Crippen LogP contribution in [-0.4, -0.2) is 46.0 Å². The Bertz CT molecular complexity index is 849. The Hall–Kier alpha value is -2.39. The smallest absolute Gasteiger partial charge is 0.210 e. The molecule has 2 aromatic heterocycles. The predicted molar refractivity (Wildman–Crippen MR) is 95.8 cm³/mol. The van der Waals surface area contributed by atoms with Crippen molar-refractivity contribution in [3.63, 3.8) is 0 Å². The first-order valence-electron chi connectivity index (χ1n) is 7.38. The lowest BCUT2D eigenvalue weighted by Gasteiger charge is -2.09. The highest BCUT2D eigenvalue weighted by Gasteiger charge is 2.16. The third-order valence-corrected chi connectivity index (χ3v) is 5.24. The van der Waals surface area contributed by atoms with Crippen molar-refractivity contribution < 1.29 is 14.3 Å². The number of thioether (sulfide) groups is 1. The molecule has 0 fully saturated rings. The predicted octanol–water partition coefficient (Wildman–Crippen LogP) is 2.78. The monoisotopic (exact) mass is 376 g/mol. The van der Waals surface area contributed by atoms with Crippen LogP contribution in [0.3, 0.4) is 0 Å². The third-order valence-electron chi connectivity index (χ3n) is 3.42. The summed E-state index contributed by atoms with van der Waals surface area (Å²) in [5.41, 5.74) is 0.478. The minimum Gasteiger partial charge on any atom is -0.497 e. The number of tetrazole rings is 1. The molecule has 0 saturated heterocycles. The van der Waals surface area contributed by atoms with Crippen LogP contribution in [0.5, 0.6) is 11.5 Å². The molecule has 130 valence electrons. The lowest BCUT2D eigenvalue weighted by molar-refractivity contribution is 0.101. The molecule has 3 rings (SSSR count). The van der Waals surface area contributed by atoms with Crippen LogP contribution in [0.4, 0.5) is 0 Å². The molecule has 1 aromatic carbocycles. The number of aromatic nitrogens is 4. The standard InChI is InChI=1S/C16H16N4O3S2/c1-22-11-5-6-15(23-2)13(8-11)14(21)10-25-16-17-18-19-20(16)9-12-4-3-7-24-12/h3-8H,9-10H2,1-2H3. The van der Waals surface area contributed by atoms with Gasteiger partial charge in [0, 0.05) is 4.88 Å². The van der Waals surface area contributed by atoms with Gasteiger partial charge in [-0.2, -0.15) is 0 Å². The fraction of sp³-hybridized carbons (Fsp3) is 0.250. The molecule has 7 nitrogen and oxygen atoms in total. The number of carbonyl (C=O) groups excluding carboxylic acids is 1. The Morgan fingerprint density at radius 3 is 2.88 bits per heavy atom. The van der Waals surface area contributed by atoms with Gasteiger partial charge in [-0.25, -0.2) is 4.68 Å². The summed E-state index contributed by atoms with van der Waals surface area (Å²) >= 11 is 2.93. The Morgan fingerprint density at radius 2 is 2.16 bits per heavy atom. The number of benzene rings is 1. The zero-order valence-corrected chi connectivity index (χ0v) is 15.3. The Balaban J connectivity index is 1.70. The van der Waals surface area contributed by atoms with Crippen molar-refractivity contribution >= 4 is 28.9 Å². The van der Waals surface area contributed by atoms with Crippen LogP contribution < -0.4 is 9.47 Å². The number of rotatable bonds is 8. The van der Waals surface area contributed by atoms with Crippen LogP contribution in [0.2, 0.25) is 0 Å². The Kier molecular flexibility index (Phi) is 5.67. The van der Waals surface area contributed by atoms with Gasteiger partial charge in [-0.05, 0) is 40.1 Å². The van der Waals surface area contributed by atoms with Gasteiger partial charge in [0.2, 0.25) is 5.16 Å². The summed E-state index contributed by atoms with van der Waals surface area (Å²) in [5, 5.41) is 14.3. The molecule has 25 heavy (non-hydrogen) atoms. The van der Waals surface area contributed by atoms with Gasteiger partial charge in [0.15, 0.2) is 5.78 Å². The molecule has 0 aliphatic heterocycles. The number of hydrogen-bond acceptors (Lipinski definition) is 8. The zero-order valence-electron chi connectivity index (χ0n) is 13.7. The number of ether oxygens (including phenoxy) is 2. The summed E-state index contributed by atoms with van der Waals surface area (Å²) in [7, 11) is 3.09. The first-order valence-corrected chi connectivity index (χ1v) is 9.24. The molecular weight excluding hydrogens is 360 g/mol. The lowest BCUT2D eigenvalue weighted by atomic mass is 10.1. The molecule has 0 bridgehead atoms. The molecule has 0 saturated carbocycles. The molecule has 0 unspecified atom stereocenters. The minimum absolute atomic E-state index is 0.0774. The van der Waals surface area contributed by atoms with Crippen molar-refractivity contribution in [3.05, 3.63) is 46.2 Å². The largest absolute Gasteiger partial charge is 0.497 e. The second-order valence-electron chi connectivity index (χ2n) is 4.98. The van der Waals surface area contributed by atoms with Crippen LogP contribution in [0.25, 0.3) is 0 Å². The highest BCUT2D eigenvalue weighted by Crippen LogP contribution is 2.26. The SMILES string of the molecule is COc1ccc(OC)c(C(=O)CSc2nnnn2Cc2cccs2)c1. The van der Waals surface area contributed by atoms with Gasteiger partial charge < -0.3 is 9.47 Å². The number of thiophene rings is 1. The van der Waals surface area contributed by atoms with Crippen LogP contribution in [-0.2, 0) is 6.54 Å². The normalized spacial score (nSPS) is 10.6. The second kappa shape index (κ2) is 8.13. The topological polar surface area (TPSA) is 79.1 Å². The lowest BCUT2D eigenvalue weighted by Crippen LogP contribution is -2.08. The van der Waals surface area contributed by atoms with E-state index in [0.717, 1.165) is 4.88 Å². The van der Waals surface area contributed by atoms with Crippen molar-refractivity contribution in [1.29, 1.82) is 0 Å². The van der Waals surface area contributed by atoms with Gasteiger partial charge >= 0.3 is 0 Å². The highest BCUT2D eigenvalue weighted by atomic mass is 32.2. The van der Waals surface area contributed by atoms with Crippen molar-refractivity contribution in [2.75, 3.05) is 20.0 Å². The summed E-state index contributed by atoms with van der Waals surface area (Å²) < 4.78 is 12.1. The summed E-state index contributed by atoms with van der Waals surface area (Å²) in [4.78, 5) is 13.7. The molecule has 0 aliphatic carbocycles. The van der Waals surface area contributed by atoms with Gasteiger partial charge in [0.25, 0.3) is 0 Å². The number of ketones is 1. The zero-order chi connectivity index (χ0) is 17.6. The van der Waals surface area contributed by atoms with E-state index in [1.165, 1.54) is 18.9 Å². The quantitative estimate of drug-likeness (QED) is 0.442. The fourth-order valence-electron chi connectivity index (χ4n) is 2.19. The van der Waals surface area contributed by atoms with Crippen LogP contribution >= 0.6 is 23.1 Å². The van der Waals surface area contributed by atoms with Crippen molar-refractivity contribution in [2.45, 2.75) is 11.7 Å². The van der Waals surface area contributed by atoms with E-state index in [0.29, 0.717) is 28.8 Å². The van der Waals surface area contributed by atoms with Gasteiger partial charge in [-0.15, -0.1) is 16.4 Å². The van der Waals surface area contributed by atoms with Gasteiger partial charge in [-0.3, -0.25) is 4.79 Å². The molecule has 0 N–H and O–H groups in total. The molecule has 0 amide bonds. The maximum absolute atomic E-state index is 12.6. The summed E-state index contributed by atoms with van der Waals surface area (Å²) in [6.45, 7) is 0.587. The fourth-order valence-corrected chi connectivity index (χ4v) is 3.63. The van der Waals surface area contributed by atoms with E-state index in [1.807, 2.05) is 17.5 Å². The van der Waals surface area contributed by atoms with E-state index in [4.69, 9.17) is 9.47 Å². The van der Waals surface area contributed by atoms with Gasteiger partial charge in [0.1, 0.15) is 11.5 Å². The van der Waals surface area contributed by atoms with Crippen molar-refractivity contribution in [2.24, 2.45) is 0 Å². The summed E-state index contributed by atoms with van der Waals surface area (Å²) in [6.07, 6.45) is 0. The maximum atomic E-state index is 12.6. The molecule has 3 aromatic rings. The first kappa shape index (κ1) is 17.4. The average Bonchev–Trinajstić information content (AvgIpc) is 3.31. The van der Waals surface area contributed by atoms with Crippen molar-refractivity contribution in [1.82, 2.24) is 20.2 Å². The van der Waals surface area contributed by atoms with Crippen LogP contribution in [0, 0.1) is 0 Å². The first-order chi connectivity index (χ1) is 12.2. The van der Waals surface area contributed by atoms with E-state index in [9.17, 15) is 4.79 Å². The molecule has 0 atom stereocenters. The highest BCUT2D eigenvalue weighted by molar-refractivity contribution is 7.99. The Labute approximate surface area is 153 Å². The summed E-state index contributed by atoms with van der Waals surface area (Å²) in [5.74, 6) is 1.25. The van der Waals surface area contributed by atoms with Crippen LogP contribution in [0.1, 0.15) is 15.2 Å². The number of methoxy groups -OCH3 is 2. The van der Waals surface area contributed by atoms with E-state index in [-0.39, 0.29) is 11.5 Å². The molecule has 9 heteroatoms. The number of carbonyl (C=O) groups is 1. The molecule has 2 heterocycles. The Morgan fingerprint density at radius 1 is 1.28 bits per heavy atom. The number of Topliss-reactive ketones (excluding diaryl/α,β-unsaturated/α-hetero) is 1. The van der Waals surface area contributed by atoms with E-state index < -0.39 is 0 Å². The third kappa shape index (κ3) is 4.18. The minimum atomic E-state index is -0.0774. The number of nitrogens with zero attached hydrogens (tertiary/aromatic N) is 4. The molecule has 0 aliphatic rings. The summed E-state index contributed by atoms with van der Waals surface area (Å²) in [6, 6.07) is 9.15. The van der Waals surface area contributed by atoms with Gasteiger partial charge in [0.05, 0.1) is 32.1 Å². The van der Waals surface area contributed by atoms with E-state index in [1.54, 1.807) is 41.3 Å². The maximum Gasteiger partial charge on any atom is 0.210 e. The average molecular weight is 376 g/mol.